The van der Waals surface area contributed by atoms with Gasteiger partial charge in [0.05, 0.1) is 5.69 Å². The van der Waals surface area contributed by atoms with Crippen LogP contribution in [0.1, 0.15) is 52.5 Å². The second-order valence-electron chi connectivity index (χ2n) is 5.61. The van der Waals surface area contributed by atoms with Gasteiger partial charge in [0.25, 0.3) is 0 Å². The second kappa shape index (κ2) is 5.88. The van der Waals surface area contributed by atoms with Crippen LogP contribution in [0.25, 0.3) is 0 Å². The van der Waals surface area contributed by atoms with Crippen molar-refractivity contribution in [1.82, 2.24) is 14.3 Å². The van der Waals surface area contributed by atoms with E-state index in [1.807, 2.05) is 38.4 Å². The highest BCUT2D eigenvalue weighted by atomic mass is 16.1. The molecule has 0 atom stereocenters. The highest BCUT2D eigenvalue weighted by Gasteiger charge is 2.18. The van der Waals surface area contributed by atoms with Crippen molar-refractivity contribution < 1.29 is 4.79 Å². The minimum atomic E-state index is 0.135. The summed E-state index contributed by atoms with van der Waals surface area (Å²) in [7, 11) is 0. The Morgan fingerprint density at radius 2 is 1.81 bits per heavy atom. The molecule has 0 N–H and O–H groups in total. The Morgan fingerprint density at radius 3 is 2.29 bits per heavy atom. The molecule has 0 spiro atoms. The van der Waals surface area contributed by atoms with Gasteiger partial charge in [-0.2, -0.15) is 5.10 Å². The molecule has 2 rings (SSSR count). The van der Waals surface area contributed by atoms with Crippen LogP contribution in [0.5, 0.6) is 0 Å². The second-order valence-corrected chi connectivity index (χ2v) is 5.61. The molecule has 0 saturated heterocycles. The third kappa shape index (κ3) is 2.67. The van der Waals surface area contributed by atoms with Crippen molar-refractivity contribution in [1.29, 1.82) is 0 Å². The van der Waals surface area contributed by atoms with Gasteiger partial charge in [0, 0.05) is 29.2 Å². The molecule has 4 heteroatoms. The van der Waals surface area contributed by atoms with Gasteiger partial charge in [0.15, 0.2) is 5.78 Å². The fourth-order valence-electron chi connectivity index (χ4n) is 3.19. The molecular formula is C17H25N3O. The molecule has 0 aromatic carbocycles. The van der Waals surface area contributed by atoms with Gasteiger partial charge in [-0.1, -0.05) is 6.92 Å². The van der Waals surface area contributed by atoms with Crippen molar-refractivity contribution in [2.24, 2.45) is 0 Å². The smallest absolute Gasteiger partial charge is 0.186 e. The summed E-state index contributed by atoms with van der Waals surface area (Å²) in [6, 6.07) is 1.99. The number of carbonyl (C=O) groups excluding carboxylic acids is 1. The Bertz CT molecular complexity index is 677. The first kappa shape index (κ1) is 15.5. The highest BCUT2D eigenvalue weighted by Crippen LogP contribution is 2.18. The zero-order valence-electron chi connectivity index (χ0n) is 13.9. The molecular weight excluding hydrogens is 262 g/mol. The lowest BCUT2D eigenvalue weighted by molar-refractivity contribution is 0.0966. The van der Waals surface area contributed by atoms with Crippen LogP contribution in [0.15, 0.2) is 6.07 Å². The van der Waals surface area contributed by atoms with Gasteiger partial charge in [0.1, 0.15) is 6.54 Å². The summed E-state index contributed by atoms with van der Waals surface area (Å²) < 4.78 is 4.01. The number of ketones is 1. The average molecular weight is 287 g/mol. The van der Waals surface area contributed by atoms with Gasteiger partial charge in [0.2, 0.25) is 0 Å². The Morgan fingerprint density at radius 1 is 1.14 bits per heavy atom. The van der Waals surface area contributed by atoms with E-state index in [0.29, 0.717) is 6.54 Å². The maximum atomic E-state index is 12.6. The molecule has 0 aliphatic heterocycles. The third-order valence-corrected chi connectivity index (χ3v) is 4.37. The molecule has 4 nitrogen and oxygen atoms in total. The summed E-state index contributed by atoms with van der Waals surface area (Å²) in [6.45, 7) is 13.6. The van der Waals surface area contributed by atoms with Crippen LogP contribution in [-0.2, 0) is 19.5 Å². The van der Waals surface area contributed by atoms with Crippen LogP contribution >= 0.6 is 0 Å². The Hall–Kier alpha value is -1.84. The first-order valence-corrected chi connectivity index (χ1v) is 7.63. The summed E-state index contributed by atoms with van der Waals surface area (Å²) >= 11 is 0. The van der Waals surface area contributed by atoms with E-state index in [1.54, 1.807) is 0 Å². The number of carbonyl (C=O) groups is 1. The van der Waals surface area contributed by atoms with E-state index in [1.165, 1.54) is 5.56 Å². The molecule has 2 heterocycles. The molecule has 0 aliphatic carbocycles. The summed E-state index contributed by atoms with van der Waals surface area (Å²) in [5, 5.41) is 4.51. The van der Waals surface area contributed by atoms with E-state index in [9.17, 15) is 4.79 Å². The number of Topliss-reactive ketones (excluding diaryl/α,β-unsaturated/α-hetero) is 1. The van der Waals surface area contributed by atoms with E-state index in [-0.39, 0.29) is 5.78 Å². The minimum absolute atomic E-state index is 0.135. The maximum Gasteiger partial charge on any atom is 0.186 e. The van der Waals surface area contributed by atoms with Gasteiger partial charge >= 0.3 is 0 Å². The zero-order chi connectivity index (χ0) is 15.7. The average Bonchev–Trinajstić information content (AvgIpc) is 2.87. The van der Waals surface area contributed by atoms with Crippen LogP contribution < -0.4 is 0 Å². The van der Waals surface area contributed by atoms with Crippen LogP contribution in [0, 0.1) is 27.7 Å². The van der Waals surface area contributed by atoms with Crippen molar-refractivity contribution in [3.05, 3.63) is 40.0 Å². The maximum absolute atomic E-state index is 12.6. The third-order valence-electron chi connectivity index (χ3n) is 4.37. The van der Waals surface area contributed by atoms with Crippen molar-refractivity contribution in [3.8, 4) is 0 Å². The zero-order valence-corrected chi connectivity index (χ0v) is 13.9. The van der Waals surface area contributed by atoms with Crippen molar-refractivity contribution in [2.75, 3.05) is 0 Å². The van der Waals surface area contributed by atoms with Crippen LogP contribution in [-0.4, -0.2) is 20.1 Å². The summed E-state index contributed by atoms with van der Waals surface area (Å²) in [5.41, 5.74) is 6.40. The Labute approximate surface area is 126 Å². The Balaban J connectivity index is 2.31. The number of rotatable bonds is 5. The molecule has 0 radical (unpaired) electrons. The number of hydrogen-bond acceptors (Lipinski definition) is 2. The summed E-state index contributed by atoms with van der Waals surface area (Å²) in [5.74, 6) is 0.135. The SMILES string of the molecule is CCc1c(C)nn(CC(=O)c2cc(C)n(CC)c2C)c1C. The first-order valence-electron chi connectivity index (χ1n) is 7.63. The number of hydrogen-bond donors (Lipinski definition) is 0. The standard InChI is InChI=1S/C17H25N3O/c1-7-15-12(4)18-20(14(15)6)10-17(21)16-9-11(3)19(8-2)13(16)5/h9H,7-8,10H2,1-6H3. The predicted molar refractivity (Wildman–Crippen MR) is 85.0 cm³/mol. The van der Waals surface area contributed by atoms with Gasteiger partial charge in [-0.05, 0) is 52.7 Å². The van der Waals surface area contributed by atoms with E-state index < -0.39 is 0 Å². The van der Waals surface area contributed by atoms with Crippen molar-refractivity contribution >= 4 is 5.78 Å². The summed E-state index contributed by atoms with van der Waals surface area (Å²) in [4.78, 5) is 12.6. The van der Waals surface area contributed by atoms with Crippen molar-refractivity contribution in [3.63, 3.8) is 0 Å². The molecule has 21 heavy (non-hydrogen) atoms. The molecule has 0 amide bonds. The molecule has 2 aromatic rings. The molecule has 0 aliphatic rings. The highest BCUT2D eigenvalue weighted by molar-refractivity contribution is 5.97. The van der Waals surface area contributed by atoms with Gasteiger partial charge in [-0.15, -0.1) is 0 Å². The topological polar surface area (TPSA) is 39.8 Å². The molecule has 0 saturated carbocycles. The van der Waals surface area contributed by atoms with Gasteiger partial charge < -0.3 is 4.57 Å². The van der Waals surface area contributed by atoms with E-state index in [0.717, 1.165) is 41.3 Å². The molecule has 0 unspecified atom stereocenters. The monoisotopic (exact) mass is 287 g/mol. The largest absolute Gasteiger partial charge is 0.349 e. The van der Waals surface area contributed by atoms with Gasteiger partial charge in [-0.3, -0.25) is 9.48 Å². The lowest BCUT2D eigenvalue weighted by Crippen LogP contribution is -2.14. The number of aromatic nitrogens is 3. The van der Waals surface area contributed by atoms with Crippen molar-refractivity contribution in [2.45, 2.75) is 61.1 Å². The van der Waals surface area contributed by atoms with E-state index >= 15 is 0 Å². The van der Waals surface area contributed by atoms with Gasteiger partial charge in [-0.25, -0.2) is 0 Å². The van der Waals surface area contributed by atoms with E-state index in [4.69, 9.17) is 0 Å². The van der Waals surface area contributed by atoms with Crippen LogP contribution in [0.2, 0.25) is 0 Å². The summed E-state index contributed by atoms with van der Waals surface area (Å²) in [6.07, 6.45) is 0.955. The number of nitrogens with zero attached hydrogens (tertiary/aromatic N) is 3. The molecule has 2 aromatic heterocycles. The molecule has 0 fully saturated rings. The fraction of sp³-hybridized carbons (Fsp3) is 0.529. The quantitative estimate of drug-likeness (QED) is 0.791. The fourth-order valence-corrected chi connectivity index (χ4v) is 3.19. The predicted octanol–water partition coefficient (Wildman–Crippen LogP) is 3.38. The molecule has 0 bridgehead atoms. The van der Waals surface area contributed by atoms with E-state index in [2.05, 4.69) is 23.5 Å². The lowest BCUT2D eigenvalue weighted by Gasteiger charge is -2.07. The first-order chi connectivity index (χ1) is 9.90. The van der Waals surface area contributed by atoms with Crippen LogP contribution in [0.4, 0.5) is 0 Å². The van der Waals surface area contributed by atoms with Crippen LogP contribution in [0.3, 0.4) is 0 Å². The Kier molecular flexibility index (Phi) is 4.35. The normalized spacial score (nSPS) is 11.1. The lowest BCUT2D eigenvalue weighted by atomic mass is 10.1. The minimum Gasteiger partial charge on any atom is -0.349 e. The molecule has 114 valence electrons. The number of aryl methyl sites for hydroxylation is 2.